The number of aromatic nitrogens is 8. The molecule has 3 heterocycles. The van der Waals surface area contributed by atoms with Crippen LogP contribution < -0.4 is 0 Å². The smallest absolute Gasteiger partial charge is 0.221 e. The van der Waals surface area contributed by atoms with E-state index < -0.39 is 0 Å². The highest BCUT2D eigenvalue weighted by Gasteiger charge is 2.15. The number of hydrogen-bond acceptors (Lipinski definition) is 5. The number of nitrogens with one attached hydrogen (secondary N) is 1. The zero-order chi connectivity index (χ0) is 22.0. The fraction of sp³-hybridized carbons (Fsp3) is 0.435. The zero-order valence-corrected chi connectivity index (χ0v) is 18.9. The number of tetrazole rings is 1. The van der Waals surface area contributed by atoms with Crippen LogP contribution >= 0.6 is 0 Å². The fourth-order valence-corrected chi connectivity index (χ4v) is 3.75. The molecule has 4 rings (SSSR count). The first-order valence-electron chi connectivity index (χ1n) is 10.8. The highest BCUT2D eigenvalue weighted by molar-refractivity contribution is 5.59. The monoisotopic (exact) mass is 418 g/mol. The summed E-state index contributed by atoms with van der Waals surface area (Å²) in [5, 5.41) is 19.3. The fourth-order valence-electron chi connectivity index (χ4n) is 3.75. The van der Waals surface area contributed by atoms with Crippen LogP contribution in [0.15, 0.2) is 36.5 Å². The minimum absolute atomic E-state index is 0.540. The predicted molar refractivity (Wildman–Crippen MR) is 120 cm³/mol. The Labute approximate surface area is 182 Å². The van der Waals surface area contributed by atoms with Gasteiger partial charge in [-0.3, -0.25) is 0 Å². The third-order valence-electron chi connectivity index (χ3n) is 5.17. The minimum Gasteiger partial charge on any atom is -0.313 e. The molecule has 1 N–H and O–H groups in total. The van der Waals surface area contributed by atoms with E-state index in [0.717, 1.165) is 48.0 Å². The second-order valence-electron chi connectivity index (χ2n) is 8.92. The van der Waals surface area contributed by atoms with Crippen molar-refractivity contribution in [3.63, 3.8) is 0 Å². The molecule has 0 unspecified atom stereocenters. The third kappa shape index (κ3) is 4.73. The third-order valence-corrected chi connectivity index (χ3v) is 5.17. The van der Waals surface area contributed by atoms with Gasteiger partial charge in [0.15, 0.2) is 5.82 Å². The molecule has 0 bridgehead atoms. The summed E-state index contributed by atoms with van der Waals surface area (Å²) in [4.78, 5) is 4.82. The second-order valence-corrected chi connectivity index (χ2v) is 8.92. The lowest BCUT2D eigenvalue weighted by Gasteiger charge is -2.11. The average Bonchev–Trinajstić information content (AvgIpc) is 3.43. The Morgan fingerprint density at radius 1 is 0.968 bits per heavy atom. The van der Waals surface area contributed by atoms with Crippen LogP contribution in [0.5, 0.6) is 0 Å². The molecule has 31 heavy (non-hydrogen) atoms. The topological polar surface area (TPSA) is 90.1 Å². The molecular weight excluding hydrogens is 388 g/mol. The lowest BCUT2D eigenvalue weighted by atomic mass is 10.1. The first-order valence-corrected chi connectivity index (χ1v) is 10.8. The van der Waals surface area contributed by atoms with Gasteiger partial charge in [0, 0.05) is 24.7 Å². The van der Waals surface area contributed by atoms with E-state index in [9.17, 15) is 0 Å². The summed E-state index contributed by atoms with van der Waals surface area (Å²) in [6.07, 6.45) is 3.87. The molecular formula is C23H30N8. The van der Waals surface area contributed by atoms with Crippen LogP contribution in [0.2, 0.25) is 0 Å². The molecule has 3 aromatic heterocycles. The van der Waals surface area contributed by atoms with Gasteiger partial charge < -0.3 is 4.57 Å². The zero-order valence-electron chi connectivity index (χ0n) is 18.9. The predicted octanol–water partition coefficient (Wildman–Crippen LogP) is 4.00. The number of nitrogens with zero attached hydrogens (tertiary/aromatic N) is 7. The van der Waals surface area contributed by atoms with Crippen LogP contribution in [-0.4, -0.2) is 40.0 Å². The van der Waals surface area contributed by atoms with Crippen molar-refractivity contribution in [3.05, 3.63) is 59.3 Å². The SMILES string of the molecule is Cc1ccn(-c2ccc(Cn3nc(CC(C)C)nc3CC(C)C)cc2)c1-c1nn[nH]n1. The molecule has 0 aliphatic heterocycles. The van der Waals surface area contributed by atoms with Gasteiger partial charge in [0.05, 0.1) is 12.2 Å². The molecule has 0 amide bonds. The van der Waals surface area contributed by atoms with Crippen LogP contribution in [0.3, 0.4) is 0 Å². The standard InChI is InChI=1S/C23H30N8/c1-15(2)12-20-24-21(13-16(3)4)31(27-20)14-18-6-8-19(9-7-18)30-11-10-17(5)22(30)23-25-28-29-26-23/h6-11,15-16H,12-14H2,1-5H3,(H,25,26,28,29). The molecule has 0 saturated carbocycles. The molecule has 8 nitrogen and oxygen atoms in total. The Bertz CT molecular complexity index is 1120. The van der Waals surface area contributed by atoms with E-state index in [-0.39, 0.29) is 0 Å². The Kier molecular flexibility index (Phi) is 5.97. The number of rotatable bonds is 8. The van der Waals surface area contributed by atoms with Gasteiger partial charge in [0.2, 0.25) is 5.82 Å². The number of hydrogen-bond donors (Lipinski definition) is 1. The van der Waals surface area contributed by atoms with Crippen LogP contribution in [-0.2, 0) is 19.4 Å². The molecule has 1 aromatic carbocycles. The molecule has 8 heteroatoms. The lowest BCUT2D eigenvalue weighted by molar-refractivity contribution is 0.560. The minimum atomic E-state index is 0.540. The Morgan fingerprint density at radius 2 is 1.71 bits per heavy atom. The number of aromatic amines is 1. The van der Waals surface area contributed by atoms with E-state index in [4.69, 9.17) is 10.1 Å². The van der Waals surface area contributed by atoms with Crippen LogP contribution in [0.25, 0.3) is 17.2 Å². The van der Waals surface area contributed by atoms with Crippen molar-refractivity contribution in [3.8, 4) is 17.2 Å². The maximum atomic E-state index is 4.82. The van der Waals surface area contributed by atoms with Gasteiger partial charge in [-0.05, 0) is 53.3 Å². The van der Waals surface area contributed by atoms with E-state index in [1.165, 1.54) is 5.56 Å². The highest BCUT2D eigenvalue weighted by Crippen LogP contribution is 2.25. The Hall–Kier alpha value is -3.29. The Balaban J connectivity index is 1.58. The maximum absolute atomic E-state index is 4.82. The highest BCUT2D eigenvalue weighted by atomic mass is 15.5. The number of H-pyrrole nitrogens is 1. The summed E-state index contributed by atoms with van der Waals surface area (Å²) in [6.45, 7) is 11.6. The van der Waals surface area contributed by atoms with Crippen LogP contribution in [0.1, 0.15) is 50.5 Å². The molecule has 0 spiro atoms. The maximum Gasteiger partial charge on any atom is 0.221 e. The van der Waals surface area contributed by atoms with E-state index >= 15 is 0 Å². The molecule has 0 aliphatic carbocycles. The van der Waals surface area contributed by atoms with Crippen molar-refractivity contribution in [2.45, 2.75) is 54.0 Å². The largest absolute Gasteiger partial charge is 0.313 e. The van der Waals surface area contributed by atoms with Gasteiger partial charge >= 0.3 is 0 Å². The van der Waals surface area contributed by atoms with Crippen molar-refractivity contribution >= 4 is 0 Å². The van der Waals surface area contributed by atoms with Crippen molar-refractivity contribution in [1.82, 2.24) is 40.0 Å². The second kappa shape index (κ2) is 8.83. The van der Waals surface area contributed by atoms with E-state index in [1.54, 1.807) is 0 Å². The summed E-state index contributed by atoms with van der Waals surface area (Å²) in [5.74, 6) is 3.67. The molecule has 0 aliphatic rings. The number of aryl methyl sites for hydroxylation is 1. The molecule has 0 saturated heterocycles. The van der Waals surface area contributed by atoms with Crippen LogP contribution in [0.4, 0.5) is 0 Å². The molecule has 4 aromatic rings. The van der Waals surface area contributed by atoms with Gasteiger partial charge in [-0.2, -0.15) is 10.3 Å². The van der Waals surface area contributed by atoms with Crippen molar-refractivity contribution in [1.29, 1.82) is 0 Å². The number of benzene rings is 1. The summed E-state index contributed by atoms with van der Waals surface area (Å²) in [6, 6.07) is 10.6. The molecule has 0 radical (unpaired) electrons. The van der Waals surface area contributed by atoms with Crippen molar-refractivity contribution in [2.24, 2.45) is 11.8 Å². The molecule has 0 fully saturated rings. The first kappa shape index (κ1) is 21.0. The quantitative estimate of drug-likeness (QED) is 0.467. The summed E-state index contributed by atoms with van der Waals surface area (Å²) >= 11 is 0. The molecule has 0 atom stereocenters. The van der Waals surface area contributed by atoms with Crippen LogP contribution in [0, 0.1) is 18.8 Å². The Morgan fingerprint density at radius 3 is 2.35 bits per heavy atom. The van der Waals surface area contributed by atoms with Gasteiger partial charge in [-0.1, -0.05) is 39.8 Å². The normalized spacial score (nSPS) is 11.7. The summed E-state index contributed by atoms with van der Waals surface area (Å²) < 4.78 is 4.15. The summed E-state index contributed by atoms with van der Waals surface area (Å²) in [7, 11) is 0. The van der Waals surface area contributed by atoms with E-state index in [1.807, 2.05) is 13.1 Å². The van der Waals surface area contributed by atoms with E-state index in [2.05, 4.69) is 87.9 Å². The average molecular weight is 419 g/mol. The van der Waals surface area contributed by atoms with Gasteiger partial charge in [0.25, 0.3) is 0 Å². The summed E-state index contributed by atoms with van der Waals surface area (Å²) in [5.41, 5.74) is 4.29. The lowest BCUT2D eigenvalue weighted by Crippen LogP contribution is -2.09. The first-order chi connectivity index (χ1) is 14.9. The molecule has 162 valence electrons. The van der Waals surface area contributed by atoms with Crippen molar-refractivity contribution < 1.29 is 0 Å². The van der Waals surface area contributed by atoms with Gasteiger partial charge in [0.1, 0.15) is 5.82 Å². The van der Waals surface area contributed by atoms with Gasteiger partial charge in [-0.15, -0.1) is 10.2 Å². The van der Waals surface area contributed by atoms with Crippen molar-refractivity contribution in [2.75, 3.05) is 0 Å². The van der Waals surface area contributed by atoms with E-state index in [0.29, 0.717) is 17.7 Å². The van der Waals surface area contributed by atoms with Gasteiger partial charge in [-0.25, -0.2) is 9.67 Å².